The number of aliphatic hydroxyl groups excluding tert-OH is 1. The second-order valence-electron chi connectivity index (χ2n) is 10.6. The summed E-state index contributed by atoms with van der Waals surface area (Å²) in [7, 11) is -0.428. The van der Waals surface area contributed by atoms with Gasteiger partial charge in [0, 0.05) is 24.7 Å². The number of carbonyl (C=O) groups is 1. The number of methoxy groups -OCH3 is 2. The van der Waals surface area contributed by atoms with Crippen LogP contribution in [0.2, 0.25) is 0 Å². The van der Waals surface area contributed by atoms with Gasteiger partial charge >= 0.3 is 0 Å². The molecule has 0 heterocycles. The third kappa shape index (κ3) is 10.3. The van der Waals surface area contributed by atoms with Crippen molar-refractivity contribution >= 4 is 21.6 Å². The zero-order valence-electron chi connectivity index (χ0n) is 24.0. The number of anilines is 1. The summed E-state index contributed by atoms with van der Waals surface area (Å²) < 4.78 is 35.9. The van der Waals surface area contributed by atoms with Gasteiger partial charge in [0.2, 0.25) is 15.9 Å². The molecule has 0 radical (unpaired) electrons. The zero-order valence-corrected chi connectivity index (χ0v) is 24.8. The number of sulfonamides is 1. The minimum atomic E-state index is -3.59. The van der Waals surface area contributed by atoms with Crippen LogP contribution in [0.3, 0.4) is 0 Å². The number of aromatic hydroxyl groups is 1. The molecule has 3 aromatic rings. The molecule has 222 valence electrons. The van der Waals surface area contributed by atoms with Gasteiger partial charge in [0.05, 0.1) is 38.7 Å². The number of amides is 1. The van der Waals surface area contributed by atoms with Crippen molar-refractivity contribution in [1.29, 1.82) is 0 Å². The molecular formula is C30H39N3O7S. The standard InChI is InChI=1S/C30H39N3O7S/c1-30(2,32-19-28(35)23-9-10-27(34)26(15-23)33-41(5,37)38)17-21-8-6-7-20(11-21)14-29(36)31-18-22-12-24(39-3)16-25(13-22)40-4/h6-13,15-16,28,32-35H,14,17-19H2,1-5H3,(H,31,36)/t28-/m0/s1. The summed E-state index contributed by atoms with van der Waals surface area (Å²) >= 11 is 0. The molecule has 0 fully saturated rings. The number of phenols is 1. The van der Waals surface area contributed by atoms with Crippen LogP contribution < -0.4 is 24.8 Å². The summed E-state index contributed by atoms with van der Waals surface area (Å²) in [6, 6.07) is 17.6. The highest BCUT2D eigenvalue weighted by molar-refractivity contribution is 7.92. The molecule has 10 nitrogen and oxygen atoms in total. The predicted octanol–water partition coefficient (Wildman–Crippen LogP) is 3.28. The lowest BCUT2D eigenvalue weighted by Gasteiger charge is -2.28. The molecule has 41 heavy (non-hydrogen) atoms. The highest BCUT2D eigenvalue weighted by Crippen LogP contribution is 2.28. The largest absolute Gasteiger partial charge is 0.506 e. The molecule has 0 bridgehead atoms. The molecule has 0 aliphatic heterocycles. The molecular weight excluding hydrogens is 546 g/mol. The van der Waals surface area contributed by atoms with Crippen LogP contribution >= 0.6 is 0 Å². The van der Waals surface area contributed by atoms with Crippen molar-refractivity contribution in [2.75, 3.05) is 31.7 Å². The van der Waals surface area contributed by atoms with Gasteiger partial charge in [0.25, 0.3) is 0 Å². The van der Waals surface area contributed by atoms with Crippen LogP contribution in [-0.4, -0.2) is 57.1 Å². The molecule has 1 amide bonds. The number of β-amino-alcohol motifs (C(OH)–C–C–N with tert-alkyl or cyclic N) is 1. The van der Waals surface area contributed by atoms with E-state index >= 15 is 0 Å². The Bertz CT molecular complexity index is 1440. The summed E-state index contributed by atoms with van der Waals surface area (Å²) in [6.45, 7) is 4.56. The molecule has 0 saturated heterocycles. The predicted molar refractivity (Wildman–Crippen MR) is 159 cm³/mol. The number of carbonyl (C=O) groups excluding carboxylic acids is 1. The van der Waals surface area contributed by atoms with Crippen LogP contribution in [0.4, 0.5) is 5.69 Å². The lowest BCUT2D eigenvalue weighted by molar-refractivity contribution is -0.120. The Morgan fingerprint density at radius 1 is 0.951 bits per heavy atom. The van der Waals surface area contributed by atoms with E-state index in [0.29, 0.717) is 30.0 Å². The number of benzene rings is 3. The van der Waals surface area contributed by atoms with Crippen LogP contribution in [0.1, 0.15) is 42.2 Å². The molecule has 5 N–H and O–H groups in total. The number of hydrogen-bond acceptors (Lipinski definition) is 8. The Hall–Kier alpha value is -3.80. The van der Waals surface area contributed by atoms with Crippen molar-refractivity contribution in [2.45, 2.75) is 44.9 Å². The molecule has 0 spiro atoms. The van der Waals surface area contributed by atoms with Gasteiger partial charge in [-0.1, -0.05) is 30.3 Å². The number of hydrogen-bond donors (Lipinski definition) is 5. The van der Waals surface area contributed by atoms with Crippen LogP contribution in [0.5, 0.6) is 17.2 Å². The van der Waals surface area contributed by atoms with Gasteiger partial charge in [0.1, 0.15) is 17.2 Å². The minimum absolute atomic E-state index is 0.00684. The Balaban J connectivity index is 1.56. The van der Waals surface area contributed by atoms with Crippen molar-refractivity contribution in [3.63, 3.8) is 0 Å². The fourth-order valence-electron chi connectivity index (χ4n) is 4.37. The normalized spacial score (nSPS) is 12.4. The second kappa shape index (κ2) is 13.7. The van der Waals surface area contributed by atoms with Gasteiger partial charge < -0.3 is 30.3 Å². The maximum absolute atomic E-state index is 12.7. The first-order valence-electron chi connectivity index (χ1n) is 13.1. The fraction of sp³-hybridized carbons (Fsp3) is 0.367. The highest BCUT2D eigenvalue weighted by Gasteiger charge is 2.21. The van der Waals surface area contributed by atoms with Crippen molar-refractivity contribution in [3.05, 3.63) is 82.9 Å². The lowest BCUT2D eigenvalue weighted by atomic mass is 9.93. The smallest absolute Gasteiger partial charge is 0.229 e. The first-order chi connectivity index (χ1) is 19.3. The summed E-state index contributed by atoms with van der Waals surface area (Å²) in [5, 5.41) is 27.0. The molecule has 0 unspecified atom stereocenters. The van der Waals surface area contributed by atoms with E-state index in [1.807, 2.05) is 50.2 Å². The quantitative estimate of drug-likeness (QED) is 0.181. The Labute approximate surface area is 241 Å². The first-order valence-corrected chi connectivity index (χ1v) is 15.0. The maximum atomic E-state index is 12.7. The van der Waals surface area contributed by atoms with E-state index in [0.717, 1.165) is 22.9 Å². The molecule has 0 aliphatic carbocycles. The van der Waals surface area contributed by atoms with E-state index in [-0.39, 0.29) is 30.3 Å². The van der Waals surface area contributed by atoms with Crippen molar-refractivity contribution in [3.8, 4) is 17.2 Å². The Morgan fingerprint density at radius 2 is 1.61 bits per heavy atom. The Kier molecular flexibility index (Phi) is 10.6. The van der Waals surface area contributed by atoms with Gasteiger partial charge in [0.15, 0.2) is 0 Å². The topological polar surface area (TPSA) is 146 Å². The number of phenolic OH excluding ortho intramolecular Hbond substituents is 1. The molecule has 0 aromatic heterocycles. The highest BCUT2D eigenvalue weighted by atomic mass is 32.2. The third-order valence-corrected chi connectivity index (χ3v) is 6.97. The molecule has 1 atom stereocenters. The van der Waals surface area contributed by atoms with Crippen LogP contribution in [0, 0.1) is 0 Å². The SMILES string of the molecule is COc1cc(CNC(=O)Cc2cccc(CC(C)(C)NC[C@H](O)c3ccc(O)c(NS(C)(=O)=O)c3)c2)cc(OC)c1. The Morgan fingerprint density at radius 3 is 2.24 bits per heavy atom. The molecule has 0 saturated carbocycles. The summed E-state index contributed by atoms with van der Waals surface area (Å²) in [6.07, 6.45) is 0.914. The number of aliphatic hydroxyl groups is 1. The second-order valence-corrected chi connectivity index (χ2v) is 12.4. The number of ether oxygens (including phenoxy) is 2. The van der Waals surface area contributed by atoms with E-state index in [9.17, 15) is 23.4 Å². The zero-order chi connectivity index (χ0) is 30.2. The van der Waals surface area contributed by atoms with Crippen molar-refractivity contribution in [1.82, 2.24) is 10.6 Å². The van der Waals surface area contributed by atoms with Gasteiger partial charge in [-0.15, -0.1) is 0 Å². The van der Waals surface area contributed by atoms with Gasteiger partial charge in [-0.3, -0.25) is 9.52 Å². The fourth-order valence-corrected chi connectivity index (χ4v) is 4.94. The lowest BCUT2D eigenvalue weighted by Crippen LogP contribution is -2.43. The van der Waals surface area contributed by atoms with Gasteiger partial charge in [-0.2, -0.15) is 0 Å². The molecule has 3 rings (SSSR count). The minimum Gasteiger partial charge on any atom is -0.506 e. The van der Waals surface area contributed by atoms with Gasteiger partial charge in [-0.05, 0) is 66.8 Å². The summed E-state index contributed by atoms with van der Waals surface area (Å²) in [4.78, 5) is 12.7. The van der Waals surface area contributed by atoms with E-state index < -0.39 is 21.7 Å². The van der Waals surface area contributed by atoms with Crippen molar-refractivity contribution in [2.24, 2.45) is 0 Å². The van der Waals surface area contributed by atoms with Crippen molar-refractivity contribution < 1.29 is 32.9 Å². The average molecular weight is 586 g/mol. The van der Waals surface area contributed by atoms with Crippen LogP contribution in [-0.2, 0) is 34.2 Å². The number of rotatable bonds is 14. The first kappa shape index (κ1) is 31.7. The summed E-state index contributed by atoms with van der Waals surface area (Å²) in [5.74, 6) is 0.973. The van der Waals surface area contributed by atoms with Crippen LogP contribution in [0.15, 0.2) is 60.7 Å². The number of nitrogens with one attached hydrogen (secondary N) is 3. The third-order valence-electron chi connectivity index (χ3n) is 6.38. The van der Waals surface area contributed by atoms with Crippen LogP contribution in [0.25, 0.3) is 0 Å². The summed E-state index contributed by atoms with van der Waals surface area (Å²) in [5.41, 5.74) is 2.84. The average Bonchev–Trinajstić information content (AvgIpc) is 2.90. The van der Waals surface area contributed by atoms with E-state index in [1.165, 1.54) is 12.1 Å². The van der Waals surface area contributed by atoms with E-state index in [1.54, 1.807) is 26.4 Å². The maximum Gasteiger partial charge on any atom is 0.229 e. The van der Waals surface area contributed by atoms with E-state index in [2.05, 4.69) is 15.4 Å². The van der Waals surface area contributed by atoms with Gasteiger partial charge in [-0.25, -0.2) is 8.42 Å². The molecule has 11 heteroatoms. The molecule has 0 aliphatic rings. The van der Waals surface area contributed by atoms with E-state index in [4.69, 9.17) is 9.47 Å². The monoisotopic (exact) mass is 585 g/mol. The molecule has 3 aromatic carbocycles.